The van der Waals surface area contributed by atoms with Gasteiger partial charge in [0.25, 0.3) is 0 Å². The molecule has 92 valence electrons. The normalized spacial score (nSPS) is 19.8. The van der Waals surface area contributed by atoms with Gasteiger partial charge in [0.1, 0.15) is 0 Å². The van der Waals surface area contributed by atoms with Gasteiger partial charge in [-0.05, 0) is 68.5 Å². The quantitative estimate of drug-likeness (QED) is 0.708. The fourth-order valence-electron chi connectivity index (χ4n) is 2.91. The Labute approximate surface area is 105 Å². The highest BCUT2D eigenvalue weighted by molar-refractivity contribution is 5.14. The monoisotopic (exact) mass is 229 g/mol. The van der Waals surface area contributed by atoms with E-state index in [1.165, 1.54) is 44.2 Å². The minimum atomic E-state index is 1.01. The zero-order valence-corrected chi connectivity index (χ0v) is 10.6. The predicted octanol–water partition coefficient (Wildman–Crippen LogP) is 3.25. The van der Waals surface area contributed by atoms with E-state index in [1.54, 1.807) is 0 Å². The summed E-state index contributed by atoms with van der Waals surface area (Å²) in [6.45, 7) is 2.40. The molecule has 0 radical (unpaired) electrons. The van der Waals surface area contributed by atoms with Gasteiger partial charge in [0, 0.05) is 0 Å². The summed E-state index contributed by atoms with van der Waals surface area (Å²) in [6.07, 6.45) is 7.18. The summed E-state index contributed by atoms with van der Waals surface area (Å²) in [5.74, 6) is 3.16. The van der Waals surface area contributed by atoms with Crippen LogP contribution in [0.1, 0.15) is 31.2 Å². The van der Waals surface area contributed by atoms with Crippen LogP contribution in [0.15, 0.2) is 30.3 Å². The van der Waals surface area contributed by atoms with Crippen molar-refractivity contribution in [1.29, 1.82) is 0 Å². The summed E-state index contributed by atoms with van der Waals surface area (Å²) >= 11 is 0. The molecule has 17 heavy (non-hydrogen) atoms. The molecule has 1 aromatic rings. The summed E-state index contributed by atoms with van der Waals surface area (Å²) in [5.41, 5.74) is 1.45. The van der Waals surface area contributed by atoms with Crippen LogP contribution < -0.4 is 5.32 Å². The van der Waals surface area contributed by atoms with Crippen molar-refractivity contribution in [3.8, 4) is 0 Å². The zero-order valence-electron chi connectivity index (χ0n) is 10.6. The van der Waals surface area contributed by atoms with Crippen molar-refractivity contribution < 1.29 is 0 Å². The molecule has 0 unspecified atom stereocenters. The van der Waals surface area contributed by atoms with E-state index in [1.807, 2.05) is 0 Å². The van der Waals surface area contributed by atoms with Crippen LogP contribution in [0.2, 0.25) is 0 Å². The maximum atomic E-state index is 3.68. The van der Waals surface area contributed by atoms with Crippen LogP contribution in [0.3, 0.4) is 0 Å². The van der Waals surface area contributed by atoms with Crippen LogP contribution in [0.4, 0.5) is 0 Å². The molecular weight excluding hydrogens is 206 g/mol. The molecule has 1 nitrogen and oxygen atoms in total. The van der Waals surface area contributed by atoms with Gasteiger partial charge in [-0.3, -0.25) is 0 Å². The summed E-state index contributed by atoms with van der Waals surface area (Å²) in [7, 11) is 0. The van der Waals surface area contributed by atoms with Crippen molar-refractivity contribution in [2.75, 3.05) is 13.1 Å². The molecule has 2 saturated carbocycles. The summed E-state index contributed by atoms with van der Waals surface area (Å²) in [4.78, 5) is 0. The standard InChI is InChI=1S/C16H23N/c1-2-4-13(5-3-1)10-11-17-12-16(14-6-7-14)15-8-9-15/h1-5,14-17H,6-12H2. The van der Waals surface area contributed by atoms with Gasteiger partial charge in [-0.2, -0.15) is 0 Å². The lowest BCUT2D eigenvalue weighted by molar-refractivity contribution is 0.380. The van der Waals surface area contributed by atoms with E-state index in [2.05, 4.69) is 35.6 Å². The highest BCUT2D eigenvalue weighted by atomic mass is 14.9. The van der Waals surface area contributed by atoms with Crippen LogP contribution in [-0.4, -0.2) is 13.1 Å². The molecule has 0 aliphatic heterocycles. The minimum Gasteiger partial charge on any atom is -0.316 e. The van der Waals surface area contributed by atoms with Gasteiger partial charge in [-0.1, -0.05) is 30.3 Å². The van der Waals surface area contributed by atoms with E-state index in [0.717, 1.165) is 24.3 Å². The lowest BCUT2D eigenvalue weighted by Crippen LogP contribution is -2.27. The average molecular weight is 229 g/mol. The van der Waals surface area contributed by atoms with Gasteiger partial charge in [0.05, 0.1) is 0 Å². The molecule has 2 aliphatic carbocycles. The molecular formula is C16H23N. The van der Waals surface area contributed by atoms with Crippen molar-refractivity contribution in [2.45, 2.75) is 32.1 Å². The van der Waals surface area contributed by atoms with Crippen molar-refractivity contribution in [3.63, 3.8) is 0 Å². The molecule has 0 atom stereocenters. The van der Waals surface area contributed by atoms with E-state index in [0.29, 0.717) is 0 Å². The summed E-state index contributed by atoms with van der Waals surface area (Å²) in [6, 6.07) is 10.8. The highest BCUT2D eigenvalue weighted by Gasteiger charge is 2.40. The molecule has 1 N–H and O–H groups in total. The number of nitrogens with one attached hydrogen (secondary N) is 1. The number of rotatable bonds is 7. The largest absolute Gasteiger partial charge is 0.316 e. The van der Waals surface area contributed by atoms with Crippen LogP contribution in [0.5, 0.6) is 0 Å². The number of hydrogen-bond acceptors (Lipinski definition) is 1. The van der Waals surface area contributed by atoms with Crippen LogP contribution in [0.25, 0.3) is 0 Å². The molecule has 0 saturated heterocycles. The Kier molecular flexibility index (Phi) is 3.46. The SMILES string of the molecule is c1ccc(CCNCC(C2CC2)C2CC2)cc1. The van der Waals surface area contributed by atoms with E-state index in [9.17, 15) is 0 Å². The van der Waals surface area contributed by atoms with Crippen molar-refractivity contribution in [1.82, 2.24) is 5.32 Å². The van der Waals surface area contributed by atoms with Crippen LogP contribution in [-0.2, 0) is 6.42 Å². The lowest BCUT2D eigenvalue weighted by Gasteiger charge is -2.16. The van der Waals surface area contributed by atoms with Gasteiger partial charge in [-0.25, -0.2) is 0 Å². The second-order valence-electron chi connectivity index (χ2n) is 5.78. The Morgan fingerprint density at radius 2 is 1.65 bits per heavy atom. The van der Waals surface area contributed by atoms with Crippen molar-refractivity contribution in [3.05, 3.63) is 35.9 Å². The number of benzene rings is 1. The van der Waals surface area contributed by atoms with Crippen molar-refractivity contribution in [2.24, 2.45) is 17.8 Å². The first kappa shape index (κ1) is 11.3. The maximum absolute atomic E-state index is 3.68. The van der Waals surface area contributed by atoms with Crippen LogP contribution in [0, 0.1) is 17.8 Å². The third-order valence-corrected chi connectivity index (χ3v) is 4.27. The maximum Gasteiger partial charge on any atom is -0.000823 e. The molecule has 0 heterocycles. The van der Waals surface area contributed by atoms with E-state index in [-0.39, 0.29) is 0 Å². The van der Waals surface area contributed by atoms with Crippen LogP contribution >= 0.6 is 0 Å². The highest BCUT2D eigenvalue weighted by Crippen LogP contribution is 2.48. The van der Waals surface area contributed by atoms with Crippen molar-refractivity contribution >= 4 is 0 Å². The minimum absolute atomic E-state index is 1.01. The molecule has 3 rings (SSSR count). The van der Waals surface area contributed by atoms with Gasteiger partial charge in [-0.15, -0.1) is 0 Å². The first-order chi connectivity index (χ1) is 8.43. The Balaban J connectivity index is 1.37. The summed E-state index contributed by atoms with van der Waals surface area (Å²) < 4.78 is 0. The Morgan fingerprint density at radius 3 is 2.24 bits per heavy atom. The summed E-state index contributed by atoms with van der Waals surface area (Å²) in [5, 5.41) is 3.68. The third-order valence-electron chi connectivity index (χ3n) is 4.27. The second-order valence-corrected chi connectivity index (χ2v) is 5.78. The second kappa shape index (κ2) is 5.22. The lowest BCUT2D eigenvalue weighted by atomic mass is 9.98. The predicted molar refractivity (Wildman–Crippen MR) is 72.0 cm³/mol. The van der Waals surface area contributed by atoms with Gasteiger partial charge in [0.15, 0.2) is 0 Å². The number of hydrogen-bond donors (Lipinski definition) is 1. The fraction of sp³-hybridized carbons (Fsp3) is 0.625. The Morgan fingerprint density at radius 1 is 1.00 bits per heavy atom. The molecule has 1 aromatic carbocycles. The van der Waals surface area contributed by atoms with E-state index >= 15 is 0 Å². The van der Waals surface area contributed by atoms with Gasteiger partial charge < -0.3 is 5.32 Å². The zero-order chi connectivity index (χ0) is 11.5. The molecule has 0 bridgehead atoms. The average Bonchev–Trinajstić information content (AvgIpc) is 3.24. The fourth-order valence-corrected chi connectivity index (χ4v) is 2.91. The molecule has 0 amide bonds. The molecule has 2 aliphatic rings. The molecule has 0 spiro atoms. The van der Waals surface area contributed by atoms with E-state index < -0.39 is 0 Å². The van der Waals surface area contributed by atoms with E-state index in [4.69, 9.17) is 0 Å². The Hall–Kier alpha value is -0.820. The first-order valence-corrected chi connectivity index (χ1v) is 7.18. The Bertz CT molecular complexity index is 326. The molecule has 2 fully saturated rings. The van der Waals surface area contributed by atoms with Gasteiger partial charge >= 0.3 is 0 Å². The smallest absolute Gasteiger partial charge is 0.000823 e. The topological polar surface area (TPSA) is 12.0 Å². The molecule has 1 heteroatoms. The third kappa shape index (κ3) is 3.32. The van der Waals surface area contributed by atoms with Gasteiger partial charge in [0.2, 0.25) is 0 Å². The molecule has 0 aromatic heterocycles. The first-order valence-electron chi connectivity index (χ1n) is 7.18.